The summed E-state index contributed by atoms with van der Waals surface area (Å²) < 4.78 is 0. The number of nitrogens with one attached hydrogen (secondary N) is 2. The van der Waals surface area contributed by atoms with Crippen LogP contribution in [0.2, 0.25) is 0 Å². The fourth-order valence-corrected chi connectivity index (χ4v) is 3.31. The summed E-state index contributed by atoms with van der Waals surface area (Å²) in [5, 5.41) is 6.57. The van der Waals surface area contributed by atoms with Crippen molar-refractivity contribution in [1.82, 2.24) is 15.5 Å². The Bertz CT molecular complexity index is 306. The normalized spacial score (nSPS) is 28.6. The summed E-state index contributed by atoms with van der Waals surface area (Å²) in [6, 6.07) is 1.11. The monoisotopic (exact) mass is 267 g/mol. The first-order chi connectivity index (χ1) is 9.08. The Morgan fingerprint density at radius 1 is 1.26 bits per heavy atom. The van der Waals surface area contributed by atoms with Crippen molar-refractivity contribution < 1.29 is 4.79 Å². The molecule has 3 unspecified atom stereocenters. The molecule has 19 heavy (non-hydrogen) atoms. The number of carbonyl (C=O) groups is 1. The van der Waals surface area contributed by atoms with E-state index >= 15 is 0 Å². The molecule has 2 rings (SSSR count). The third-order valence-corrected chi connectivity index (χ3v) is 4.48. The van der Waals surface area contributed by atoms with Crippen LogP contribution in [0.25, 0.3) is 0 Å². The van der Waals surface area contributed by atoms with Crippen LogP contribution >= 0.6 is 0 Å². The molecule has 4 nitrogen and oxygen atoms in total. The van der Waals surface area contributed by atoms with E-state index in [0.717, 1.165) is 13.0 Å². The Hall–Kier alpha value is -0.610. The van der Waals surface area contributed by atoms with Crippen LogP contribution in [-0.4, -0.2) is 48.6 Å². The molecular formula is C15H29N3O. The maximum atomic E-state index is 12.0. The first-order valence-corrected chi connectivity index (χ1v) is 7.85. The van der Waals surface area contributed by atoms with Crippen LogP contribution in [0.5, 0.6) is 0 Å². The molecule has 2 fully saturated rings. The largest absolute Gasteiger partial charge is 0.355 e. The van der Waals surface area contributed by atoms with Crippen molar-refractivity contribution in [2.24, 2.45) is 5.92 Å². The van der Waals surface area contributed by atoms with Crippen LogP contribution in [0, 0.1) is 5.92 Å². The van der Waals surface area contributed by atoms with Crippen molar-refractivity contribution in [3.05, 3.63) is 0 Å². The molecule has 0 bridgehead atoms. The minimum absolute atomic E-state index is 0.0716. The number of hydrogen-bond donors (Lipinski definition) is 2. The van der Waals surface area contributed by atoms with Gasteiger partial charge in [0, 0.05) is 25.2 Å². The van der Waals surface area contributed by atoms with Crippen LogP contribution in [0.1, 0.15) is 46.5 Å². The zero-order valence-corrected chi connectivity index (χ0v) is 12.6. The highest BCUT2D eigenvalue weighted by molar-refractivity contribution is 5.81. The Balaban J connectivity index is 1.71. The highest BCUT2D eigenvalue weighted by Crippen LogP contribution is 2.28. The molecule has 0 aromatic heterocycles. The van der Waals surface area contributed by atoms with E-state index in [0.29, 0.717) is 18.0 Å². The summed E-state index contributed by atoms with van der Waals surface area (Å²) in [5.41, 5.74) is 0. The van der Waals surface area contributed by atoms with Gasteiger partial charge in [0.15, 0.2) is 0 Å². The van der Waals surface area contributed by atoms with Gasteiger partial charge in [-0.2, -0.15) is 0 Å². The minimum Gasteiger partial charge on any atom is -0.355 e. The van der Waals surface area contributed by atoms with Gasteiger partial charge in [-0.05, 0) is 45.1 Å². The molecule has 110 valence electrons. The number of nitrogens with zero attached hydrogens (tertiary/aromatic N) is 1. The molecule has 2 aliphatic rings. The van der Waals surface area contributed by atoms with Gasteiger partial charge in [0.25, 0.3) is 0 Å². The van der Waals surface area contributed by atoms with Crippen LogP contribution < -0.4 is 10.6 Å². The van der Waals surface area contributed by atoms with Crippen LogP contribution in [0.3, 0.4) is 0 Å². The smallest absolute Gasteiger partial charge is 0.236 e. The van der Waals surface area contributed by atoms with E-state index in [4.69, 9.17) is 0 Å². The zero-order valence-electron chi connectivity index (χ0n) is 12.6. The highest BCUT2D eigenvalue weighted by atomic mass is 16.2. The molecule has 2 aliphatic heterocycles. The predicted molar refractivity (Wildman–Crippen MR) is 78.1 cm³/mol. The van der Waals surface area contributed by atoms with Gasteiger partial charge in [-0.15, -0.1) is 0 Å². The standard InChI is InChI=1S/C15H29N3O/c1-11(2)6-8-16-15(19)12(3)17-13-7-10-18-9-4-5-14(13)18/h11-14,17H,4-10H2,1-3H3,(H,16,19). The maximum Gasteiger partial charge on any atom is 0.236 e. The molecule has 0 saturated carbocycles. The molecule has 3 atom stereocenters. The van der Waals surface area contributed by atoms with Crippen LogP contribution in [0.15, 0.2) is 0 Å². The van der Waals surface area contributed by atoms with Crippen molar-refractivity contribution in [3.8, 4) is 0 Å². The van der Waals surface area contributed by atoms with Crippen molar-refractivity contribution in [2.45, 2.75) is 64.6 Å². The number of fused-ring (bicyclic) bond motifs is 1. The Labute approximate surface area is 117 Å². The lowest BCUT2D eigenvalue weighted by Gasteiger charge is -2.24. The first kappa shape index (κ1) is 14.8. The molecule has 0 aromatic carbocycles. The van der Waals surface area contributed by atoms with Gasteiger partial charge in [0.1, 0.15) is 0 Å². The van der Waals surface area contributed by atoms with E-state index in [-0.39, 0.29) is 11.9 Å². The van der Waals surface area contributed by atoms with E-state index < -0.39 is 0 Å². The fourth-order valence-electron chi connectivity index (χ4n) is 3.31. The average molecular weight is 267 g/mol. The van der Waals surface area contributed by atoms with E-state index in [2.05, 4.69) is 29.4 Å². The zero-order chi connectivity index (χ0) is 13.8. The van der Waals surface area contributed by atoms with Gasteiger partial charge in [-0.1, -0.05) is 13.8 Å². The Kier molecular flexibility index (Phi) is 5.22. The summed E-state index contributed by atoms with van der Waals surface area (Å²) >= 11 is 0. The van der Waals surface area contributed by atoms with E-state index in [9.17, 15) is 4.79 Å². The molecule has 0 aliphatic carbocycles. The third kappa shape index (κ3) is 3.93. The third-order valence-electron chi connectivity index (χ3n) is 4.48. The SMILES string of the molecule is CC(C)CCNC(=O)C(C)NC1CCN2CCCC12. The summed E-state index contributed by atoms with van der Waals surface area (Å²) in [7, 11) is 0. The minimum atomic E-state index is -0.0716. The van der Waals surface area contributed by atoms with Crippen LogP contribution in [0.4, 0.5) is 0 Å². The topological polar surface area (TPSA) is 44.4 Å². The number of hydrogen-bond acceptors (Lipinski definition) is 3. The summed E-state index contributed by atoms with van der Waals surface area (Å²) in [4.78, 5) is 14.6. The molecule has 2 saturated heterocycles. The second-order valence-corrected chi connectivity index (χ2v) is 6.50. The molecule has 0 aromatic rings. The second-order valence-electron chi connectivity index (χ2n) is 6.50. The van der Waals surface area contributed by atoms with Gasteiger partial charge in [0.2, 0.25) is 5.91 Å². The van der Waals surface area contributed by atoms with Gasteiger partial charge in [-0.3, -0.25) is 9.69 Å². The molecule has 1 amide bonds. The van der Waals surface area contributed by atoms with Crippen molar-refractivity contribution >= 4 is 5.91 Å². The van der Waals surface area contributed by atoms with E-state index in [1.165, 1.54) is 32.4 Å². The second kappa shape index (κ2) is 6.71. The highest BCUT2D eigenvalue weighted by Gasteiger charge is 2.37. The molecule has 2 N–H and O–H groups in total. The van der Waals surface area contributed by atoms with Crippen molar-refractivity contribution in [1.29, 1.82) is 0 Å². The quantitative estimate of drug-likeness (QED) is 0.764. The van der Waals surface area contributed by atoms with E-state index in [1.807, 2.05) is 6.92 Å². The maximum absolute atomic E-state index is 12.0. The summed E-state index contributed by atoms with van der Waals surface area (Å²) in [6.45, 7) is 9.59. The lowest BCUT2D eigenvalue weighted by atomic mass is 10.1. The van der Waals surface area contributed by atoms with Gasteiger partial charge >= 0.3 is 0 Å². The number of rotatable bonds is 6. The fraction of sp³-hybridized carbons (Fsp3) is 0.933. The van der Waals surface area contributed by atoms with Gasteiger partial charge < -0.3 is 10.6 Å². The Morgan fingerprint density at radius 2 is 2.05 bits per heavy atom. The molecule has 0 radical (unpaired) electrons. The summed E-state index contributed by atoms with van der Waals surface area (Å²) in [6.07, 6.45) is 4.85. The van der Waals surface area contributed by atoms with Gasteiger partial charge in [0.05, 0.1) is 6.04 Å². The van der Waals surface area contributed by atoms with Gasteiger partial charge in [-0.25, -0.2) is 0 Å². The average Bonchev–Trinajstić information content (AvgIpc) is 2.93. The summed E-state index contributed by atoms with van der Waals surface area (Å²) in [5.74, 6) is 0.794. The lowest BCUT2D eigenvalue weighted by Crippen LogP contribution is -2.50. The molecule has 0 spiro atoms. The lowest BCUT2D eigenvalue weighted by molar-refractivity contribution is -0.123. The van der Waals surface area contributed by atoms with Crippen LogP contribution in [-0.2, 0) is 4.79 Å². The number of amides is 1. The molecular weight excluding hydrogens is 238 g/mol. The van der Waals surface area contributed by atoms with Crippen molar-refractivity contribution in [2.75, 3.05) is 19.6 Å². The first-order valence-electron chi connectivity index (χ1n) is 7.85. The predicted octanol–water partition coefficient (Wildman–Crippen LogP) is 1.36. The molecule has 4 heteroatoms. The number of carbonyl (C=O) groups excluding carboxylic acids is 1. The van der Waals surface area contributed by atoms with Crippen molar-refractivity contribution in [3.63, 3.8) is 0 Å². The molecule has 2 heterocycles. The van der Waals surface area contributed by atoms with E-state index in [1.54, 1.807) is 0 Å². The Morgan fingerprint density at radius 3 is 2.79 bits per heavy atom.